The molecule has 1 heterocycles. The molecule has 105 heavy (non-hydrogen) atoms. The monoisotopic (exact) mass is 1460 g/mol. The SMILES string of the molecule is CC(C)(C)OC(=O)CN(C(=O)c1c(F)cc(F)cc1F)c1cccc(-c2cccc(OC(C)(F)F)c2)c1.COc1ccc(-c2cccc(N(CC(=O)OC(C)(C)C)C(=O)c3c(F)cc(F)cc3F)c2)cc1.COc1ccc(-c2cccc(N(CC(=O)OC(C)(C)C)C(=O)c3c(F)cc(F)cc3F)c2)cn1. The number of hydrogen-bond acceptors (Lipinski definition) is 13. The van der Waals surface area contributed by atoms with Crippen LogP contribution in [0, 0.1) is 52.4 Å². The van der Waals surface area contributed by atoms with Gasteiger partial charge in [0.2, 0.25) is 5.88 Å². The lowest BCUT2D eigenvalue weighted by molar-refractivity contribution is -0.159. The van der Waals surface area contributed by atoms with Crippen LogP contribution in [0.4, 0.5) is 65.4 Å². The number of carbonyl (C=O) groups excluding carboxylic acids is 6. The van der Waals surface area contributed by atoms with E-state index in [1.54, 1.807) is 161 Å². The van der Waals surface area contributed by atoms with E-state index in [9.17, 15) is 77.1 Å². The van der Waals surface area contributed by atoms with Crippen molar-refractivity contribution in [2.75, 3.05) is 48.6 Å². The second kappa shape index (κ2) is 34.1. The predicted molar refractivity (Wildman–Crippen MR) is 369 cm³/mol. The fraction of sp³-hybridized carbons (Fsp3) is 0.244. The molecular weight excluding hydrogens is 1390 g/mol. The Hall–Kier alpha value is -11.6. The van der Waals surface area contributed by atoms with Crippen LogP contribution >= 0.6 is 0 Å². The molecule has 0 fully saturated rings. The van der Waals surface area contributed by atoms with Crippen LogP contribution in [0.1, 0.15) is 100 Å². The molecule has 0 N–H and O–H groups in total. The molecule has 0 atom stereocenters. The zero-order chi connectivity index (χ0) is 77.6. The molecule has 9 aromatic rings. The molecule has 0 aliphatic heterocycles. The summed E-state index contributed by atoms with van der Waals surface area (Å²) in [6, 6.07) is 37.5. The number of halogens is 11. The van der Waals surface area contributed by atoms with E-state index in [4.69, 9.17) is 23.7 Å². The number of ether oxygens (including phenoxy) is 6. The summed E-state index contributed by atoms with van der Waals surface area (Å²) in [6.07, 6.45) is -1.86. The molecule has 1 aromatic heterocycles. The molecular formula is C78H71F11N4O12. The number of pyridine rings is 1. The van der Waals surface area contributed by atoms with Gasteiger partial charge in [-0.1, -0.05) is 60.7 Å². The largest absolute Gasteiger partial charge is 0.497 e. The Balaban J connectivity index is 0.000000220. The van der Waals surface area contributed by atoms with Crippen molar-refractivity contribution in [1.29, 1.82) is 0 Å². The van der Waals surface area contributed by atoms with E-state index < -0.39 is 147 Å². The first-order valence-corrected chi connectivity index (χ1v) is 31.8. The Morgan fingerprint density at radius 1 is 0.352 bits per heavy atom. The van der Waals surface area contributed by atoms with Crippen molar-refractivity contribution in [1.82, 2.24) is 4.98 Å². The highest BCUT2D eigenvalue weighted by Gasteiger charge is 2.34. The first kappa shape index (κ1) is 80.7. The van der Waals surface area contributed by atoms with Gasteiger partial charge < -0.3 is 28.4 Å². The molecule has 0 unspecified atom stereocenters. The number of carbonyl (C=O) groups is 6. The minimum absolute atomic E-state index is 0.0450. The number of alkyl halides is 2. The Morgan fingerprint density at radius 2 is 0.657 bits per heavy atom. The van der Waals surface area contributed by atoms with Crippen molar-refractivity contribution in [3.8, 4) is 50.8 Å². The lowest BCUT2D eigenvalue weighted by Crippen LogP contribution is -2.39. The molecule has 9 rings (SSSR count). The third kappa shape index (κ3) is 23.2. The van der Waals surface area contributed by atoms with Gasteiger partial charge in [-0.15, -0.1) is 0 Å². The van der Waals surface area contributed by atoms with Crippen LogP contribution in [0.5, 0.6) is 17.4 Å². The Morgan fingerprint density at radius 3 is 0.952 bits per heavy atom. The summed E-state index contributed by atoms with van der Waals surface area (Å²) < 4.78 is 184. The highest BCUT2D eigenvalue weighted by atomic mass is 19.3. The standard InChI is InChI=1S/C27H24F5NO4.C26H24F3NO4.C25H23F3N2O4/c1-26(2,3)37-23(34)15-33(25(35)24-21(29)13-18(28)14-22(24)30)19-9-5-7-16(11-19)17-8-6-10-20(12-17)36-27(4,31)32;1-26(2,3)34-23(31)15-30(25(32)24-21(28)13-18(27)14-22(24)29)19-7-5-6-17(12-19)16-8-10-20(33-4)11-9-16;1-25(2,3)34-22(31)14-30(24(32)23-19(27)11-17(26)12-20(23)28)18-7-5-6-15(10-18)16-8-9-21(33-4)29-13-16/h5-14H,15H2,1-4H3;5-14H,15H2,1-4H3;5-13H,14H2,1-4H3. The summed E-state index contributed by atoms with van der Waals surface area (Å²) in [5.41, 5.74) is -1.60. The van der Waals surface area contributed by atoms with E-state index in [1.807, 2.05) is 0 Å². The van der Waals surface area contributed by atoms with E-state index in [0.29, 0.717) is 82.8 Å². The van der Waals surface area contributed by atoms with Crippen LogP contribution in [0.25, 0.3) is 33.4 Å². The van der Waals surface area contributed by atoms with Gasteiger partial charge in [0.25, 0.3) is 17.7 Å². The molecule has 0 bridgehead atoms. The molecule has 552 valence electrons. The molecule has 0 aliphatic rings. The summed E-state index contributed by atoms with van der Waals surface area (Å²) in [5.74, 6) is -17.0. The number of hydrogen-bond donors (Lipinski definition) is 0. The zero-order valence-corrected chi connectivity index (χ0v) is 58.7. The van der Waals surface area contributed by atoms with Gasteiger partial charge >= 0.3 is 24.0 Å². The normalized spacial score (nSPS) is 11.3. The lowest BCUT2D eigenvalue weighted by atomic mass is 10.0. The second-order valence-corrected chi connectivity index (χ2v) is 26.1. The van der Waals surface area contributed by atoms with E-state index in [2.05, 4.69) is 9.72 Å². The van der Waals surface area contributed by atoms with Gasteiger partial charge in [0.1, 0.15) is 117 Å². The number of amides is 3. The fourth-order valence-electron chi connectivity index (χ4n) is 9.96. The summed E-state index contributed by atoms with van der Waals surface area (Å²) in [4.78, 5) is 84.1. The summed E-state index contributed by atoms with van der Waals surface area (Å²) in [7, 11) is 3.03. The molecule has 0 radical (unpaired) electrons. The summed E-state index contributed by atoms with van der Waals surface area (Å²) in [5, 5.41) is 0. The average molecular weight is 1470 g/mol. The van der Waals surface area contributed by atoms with Crippen molar-refractivity contribution in [2.24, 2.45) is 0 Å². The van der Waals surface area contributed by atoms with E-state index in [-0.39, 0.29) is 22.8 Å². The van der Waals surface area contributed by atoms with Gasteiger partial charge in [0.15, 0.2) is 0 Å². The van der Waals surface area contributed by atoms with Crippen LogP contribution in [0.3, 0.4) is 0 Å². The number of aromatic nitrogens is 1. The van der Waals surface area contributed by atoms with Crippen LogP contribution in [0.15, 0.2) is 176 Å². The first-order valence-electron chi connectivity index (χ1n) is 31.8. The quantitative estimate of drug-likeness (QED) is 0.0424. The van der Waals surface area contributed by atoms with Gasteiger partial charge in [0, 0.05) is 78.2 Å². The topological polar surface area (TPSA) is 180 Å². The van der Waals surface area contributed by atoms with Crippen molar-refractivity contribution in [3.05, 3.63) is 245 Å². The molecule has 0 saturated carbocycles. The minimum Gasteiger partial charge on any atom is -0.497 e. The average Bonchev–Trinajstić information content (AvgIpc) is 0.805. The smallest absolute Gasteiger partial charge is 0.394 e. The number of methoxy groups -OCH3 is 2. The molecule has 16 nitrogen and oxygen atoms in total. The maximum Gasteiger partial charge on any atom is 0.394 e. The third-order valence-corrected chi connectivity index (χ3v) is 14.2. The molecule has 0 saturated heterocycles. The fourth-order valence-corrected chi connectivity index (χ4v) is 9.96. The van der Waals surface area contributed by atoms with Gasteiger partial charge in [-0.2, -0.15) is 8.78 Å². The number of esters is 3. The van der Waals surface area contributed by atoms with Gasteiger partial charge in [-0.25, -0.2) is 44.5 Å². The van der Waals surface area contributed by atoms with E-state index >= 15 is 0 Å². The third-order valence-electron chi connectivity index (χ3n) is 14.2. The van der Waals surface area contributed by atoms with Gasteiger partial charge in [0.05, 0.1) is 14.2 Å². The van der Waals surface area contributed by atoms with Gasteiger partial charge in [-0.05, 0) is 157 Å². The van der Waals surface area contributed by atoms with Crippen LogP contribution in [-0.4, -0.2) is 97.4 Å². The van der Waals surface area contributed by atoms with Crippen molar-refractivity contribution >= 4 is 52.7 Å². The van der Waals surface area contributed by atoms with Crippen LogP contribution in [-0.2, 0) is 28.6 Å². The van der Waals surface area contributed by atoms with E-state index in [0.717, 1.165) is 20.3 Å². The molecule has 8 aromatic carbocycles. The van der Waals surface area contributed by atoms with Gasteiger partial charge in [-0.3, -0.25) is 43.5 Å². The van der Waals surface area contributed by atoms with Crippen LogP contribution in [0.2, 0.25) is 0 Å². The lowest BCUT2D eigenvalue weighted by Gasteiger charge is -2.26. The number of rotatable bonds is 19. The molecule has 27 heteroatoms. The Bertz CT molecular complexity index is 4390. The molecule has 0 spiro atoms. The highest BCUT2D eigenvalue weighted by Crippen LogP contribution is 2.34. The maximum absolute atomic E-state index is 14.5. The predicted octanol–water partition coefficient (Wildman–Crippen LogP) is 17.7. The Kier molecular flexibility index (Phi) is 26.2. The van der Waals surface area contributed by atoms with Crippen molar-refractivity contribution < 1.29 is 105 Å². The van der Waals surface area contributed by atoms with Crippen molar-refractivity contribution in [2.45, 2.75) is 92.1 Å². The number of anilines is 3. The molecule has 0 aliphatic carbocycles. The first-order chi connectivity index (χ1) is 49.1. The van der Waals surface area contributed by atoms with Crippen LogP contribution < -0.4 is 28.9 Å². The summed E-state index contributed by atoms with van der Waals surface area (Å²) in [6.45, 7) is 13.3. The second-order valence-electron chi connectivity index (χ2n) is 26.1. The van der Waals surface area contributed by atoms with E-state index in [1.165, 1.54) is 55.6 Å². The maximum atomic E-state index is 14.5. The minimum atomic E-state index is -3.42. The number of nitrogens with zero attached hydrogens (tertiary/aromatic N) is 4. The zero-order valence-electron chi connectivity index (χ0n) is 58.7. The number of benzene rings is 8. The summed E-state index contributed by atoms with van der Waals surface area (Å²) >= 11 is 0. The molecule has 3 amide bonds. The Labute approximate surface area is 597 Å². The highest BCUT2D eigenvalue weighted by molar-refractivity contribution is 6.11. The van der Waals surface area contributed by atoms with Crippen molar-refractivity contribution in [3.63, 3.8) is 0 Å².